The summed E-state index contributed by atoms with van der Waals surface area (Å²) in [7, 11) is -21.2. The number of anilines is 2. The highest BCUT2D eigenvalue weighted by molar-refractivity contribution is 7.91. The van der Waals surface area contributed by atoms with Crippen LogP contribution in [-0.4, -0.2) is 153 Å². The van der Waals surface area contributed by atoms with Gasteiger partial charge in [-0.05, 0) is 170 Å². The van der Waals surface area contributed by atoms with Crippen molar-refractivity contribution in [3.63, 3.8) is 0 Å². The highest BCUT2D eigenvalue weighted by Gasteiger charge is 2.46. The summed E-state index contributed by atoms with van der Waals surface area (Å²) in [6.45, 7) is 11.7. The van der Waals surface area contributed by atoms with Crippen molar-refractivity contribution in [2.24, 2.45) is 35.4 Å². The number of aryl methyl sites for hydroxylation is 3. The van der Waals surface area contributed by atoms with Crippen LogP contribution in [0.15, 0.2) is 143 Å². The third-order valence-corrected chi connectivity index (χ3v) is 32.6. The van der Waals surface area contributed by atoms with Crippen molar-refractivity contribution >= 4 is 123 Å². The summed E-state index contributed by atoms with van der Waals surface area (Å²) in [5, 5.41) is 17.1. The van der Waals surface area contributed by atoms with Crippen molar-refractivity contribution in [2.45, 2.75) is 192 Å². The number of nitrogens with one attached hydrogen (secondary N) is 6. The minimum atomic E-state index is -3.85. The second kappa shape index (κ2) is 31.9. The number of rotatable bonds is 24. The maximum absolute atomic E-state index is 13.4. The summed E-state index contributed by atoms with van der Waals surface area (Å²) in [4.78, 5) is 45.8. The lowest BCUT2D eigenvalue weighted by molar-refractivity contribution is -0.143. The Morgan fingerprint density at radius 3 is 1.28 bits per heavy atom. The van der Waals surface area contributed by atoms with E-state index in [1.54, 1.807) is 91.0 Å². The van der Waals surface area contributed by atoms with E-state index in [1.165, 1.54) is 41.2 Å². The average molecular weight is 1640 g/mol. The molecule has 594 valence electrons. The van der Waals surface area contributed by atoms with Crippen molar-refractivity contribution in [2.75, 3.05) is 10.9 Å². The number of carboxylic acid groups (broad SMARTS) is 1. The van der Waals surface area contributed by atoms with Crippen LogP contribution < -0.4 is 36.3 Å². The first-order valence-electron chi connectivity index (χ1n) is 36.9. The SMILES string of the molecule is CC[C@@H]1C[C@H](NS(=O)(=O)C2CC2)C[C@@H]1C(=O)NNc1cnc2c(ccn2S(=O)(=O)c2ccc(C)cc2)n1.CC[C@@H]1C[C@H](NS(=O)(=O)C2CC2)C[C@@H]1C(=O)O.CC[C@@H]1C[C@H](NS(=O)(=O)C2CC2)C[C@@H]1c1nnc2cnc3c(ccn3S(=O)(=O)c3ccc(C)cc3)n12.Cc1ccc(S(=O)(=O)n2ccc3nc(NN)cnc32)cc1. The van der Waals surface area contributed by atoms with E-state index < -0.39 is 72.0 Å². The second-order valence-corrected chi connectivity index (χ2v) is 40.9. The third-order valence-electron chi connectivity index (χ3n) is 21.5. The maximum atomic E-state index is 13.4. The summed E-state index contributed by atoms with van der Waals surface area (Å²) in [6, 6.07) is 24.1. The lowest BCUT2D eigenvalue weighted by Gasteiger charge is -2.17. The summed E-state index contributed by atoms with van der Waals surface area (Å²) in [5.74, 6) is 5.17. The van der Waals surface area contributed by atoms with Crippen LogP contribution in [0.1, 0.15) is 146 Å². The van der Waals surface area contributed by atoms with Crippen molar-refractivity contribution in [3.05, 3.63) is 151 Å². The molecule has 3 aromatic carbocycles. The number of nitrogens with two attached hydrogens (primary N) is 1. The predicted molar refractivity (Wildman–Crippen MR) is 415 cm³/mol. The molecule has 6 saturated carbocycles. The number of nitrogen functional groups attached to an aromatic ring is 1. The molecule has 0 unspecified atom stereocenters. The molecular weight excluding hydrogens is 1550 g/mol. The smallest absolute Gasteiger partial charge is 0.306 e. The van der Waals surface area contributed by atoms with Crippen LogP contribution in [0, 0.1) is 50.4 Å². The Morgan fingerprint density at radius 1 is 0.468 bits per heavy atom. The fraction of sp³-hybridized carbons (Fsp3) is 0.458. The van der Waals surface area contributed by atoms with E-state index in [0.29, 0.717) is 84.4 Å². The van der Waals surface area contributed by atoms with Crippen molar-refractivity contribution < 1.29 is 65.2 Å². The Hall–Kier alpha value is -8.93. The Balaban J connectivity index is 0.000000136. The van der Waals surface area contributed by atoms with Gasteiger partial charge in [0.2, 0.25) is 36.0 Å². The molecule has 33 nitrogen and oxygen atoms in total. The summed E-state index contributed by atoms with van der Waals surface area (Å²) >= 11 is 0. The van der Waals surface area contributed by atoms with Gasteiger partial charge in [0.25, 0.3) is 30.1 Å². The summed E-state index contributed by atoms with van der Waals surface area (Å²) in [5.41, 5.74) is 13.4. The fourth-order valence-electron chi connectivity index (χ4n) is 14.9. The van der Waals surface area contributed by atoms with Crippen LogP contribution in [0.3, 0.4) is 0 Å². The minimum Gasteiger partial charge on any atom is -0.481 e. The molecule has 0 aliphatic heterocycles. The van der Waals surface area contributed by atoms with Crippen LogP contribution in [0.25, 0.3) is 39.1 Å². The number of aliphatic carboxylic acids is 1. The number of amides is 1. The van der Waals surface area contributed by atoms with Gasteiger partial charge >= 0.3 is 5.97 Å². The van der Waals surface area contributed by atoms with Gasteiger partial charge in [-0.2, -0.15) is 0 Å². The van der Waals surface area contributed by atoms with E-state index in [1.807, 2.05) is 39.0 Å². The molecule has 7 aromatic heterocycles. The number of aromatic nitrogens is 11. The highest BCUT2D eigenvalue weighted by atomic mass is 32.2. The Bertz CT molecular complexity index is 5860. The molecule has 6 fully saturated rings. The lowest BCUT2D eigenvalue weighted by Crippen LogP contribution is -2.38. The van der Waals surface area contributed by atoms with E-state index in [9.17, 15) is 60.1 Å². The van der Waals surface area contributed by atoms with Crippen LogP contribution in [0.4, 0.5) is 11.6 Å². The third kappa shape index (κ3) is 17.4. The quantitative estimate of drug-likeness (QED) is 0.0214. The average Bonchev–Trinajstić information content (AvgIpc) is 1.57. The van der Waals surface area contributed by atoms with Crippen LogP contribution >= 0.6 is 0 Å². The molecule has 39 heteroatoms. The number of carbonyl (C=O) groups is 2. The molecule has 1 amide bonds. The molecule has 0 radical (unpaired) electrons. The van der Waals surface area contributed by atoms with E-state index in [0.717, 1.165) is 76.0 Å². The van der Waals surface area contributed by atoms with E-state index >= 15 is 0 Å². The van der Waals surface area contributed by atoms with E-state index in [-0.39, 0.29) is 101 Å². The Morgan fingerprint density at radius 2 is 0.856 bits per heavy atom. The first-order chi connectivity index (χ1) is 52.7. The lowest BCUT2D eigenvalue weighted by atomic mass is 9.93. The molecule has 0 saturated heterocycles. The standard InChI is InChI=1S/C24H30N6O5S2.C24H28N6O4S2.C13H13N5O2S.C11H19NO4S/c1-3-16-12-17(29-36(32,33)18-8-9-18)13-20(16)24(31)28-27-22-14-25-23-21(26-22)10-11-30(23)37(34,35)19-6-4-15(2)5-7-19;1-3-16-12-17(28-35(31,32)18-8-9-18)13-20(16)23-27-26-22-14-25-24-21(30(22)23)10-11-29(24)36(33,34)19-6-4-15(2)5-7-19;1-9-2-4-10(5-3-9)21(19,20)18-7-6-11-13(18)15-8-12(16-11)17-14;1-2-7-5-8(6-10(7)11(13)14)12-17(15,16)9-3-4-9/h4-7,10-11,14,16-18,20,29H,3,8-9,12-13H2,1-2H3,(H,26,27)(H,28,31);4-7,10-11,14,16-18,20,28H,3,8-9,12-13H2,1-2H3;2-8H,14H2,1H3,(H,16,17);7-10,12H,2-6H2,1H3,(H,13,14)/t2*16-,17+,20+;;7-,8+,10+/m11.1/s1. The van der Waals surface area contributed by atoms with Gasteiger partial charge in [0.05, 0.1) is 60.5 Å². The van der Waals surface area contributed by atoms with Crippen molar-refractivity contribution in [1.82, 2.24) is 71.0 Å². The molecule has 0 spiro atoms. The first kappa shape index (κ1) is 80.1. The summed E-state index contributed by atoms with van der Waals surface area (Å²) in [6.07, 6.45) is 18.8. The zero-order valence-corrected chi connectivity index (χ0v) is 66.7. The molecule has 0 bridgehead atoms. The van der Waals surface area contributed by atoms with Crippen molar-refractivity contribution in [1.29, 1.82) is 0 Å². The predicted octanol–water partition coefficient (Wildman–Crippen LogP) is 7.50. The number of hydrazine groups is 2. The molecule has 6 aliphatic rings. The molecule has 6 aliphatic carbocycles. The number of sulfonamides is 3. The van der Waals surface area contributed by atoms with Gasteiger partial charge in [0, 0.05) is 48.6 Å². The molecule has 111 heavy (non-hydrogen) atoms. The number of nitrogens with zero attached hydrogens (tertiary/aromatic N) is 11. The van der Waals surface area contributed by atoms with Gasteiger partial charge in [-0.25, -0.2) is 107 Å². The van der Waals surface area contributed by atoms with E-state index in [2.05, 4.69) is 72.5 Å². The monoisotopic (exact) mass is 1640 g/mol. The van der Waals surface area contributed by atoms with E-state index in [4.69, 9.17) is 10.9 Å². The first-order valence-corrected chi connectivity index (χ1v) is 45.8. The number of hydrogen-bond acceptors (Lipinski definition) is 24. The highest BCUT2D eigenvalue weighted by Crippen LogP contribution is 2.44. The zero-order valence-electron chi connectivity index (χ0n) is 61.8. The normalized spacial score (nSPS) is 22.3. The number of hydrogen-bond donors (Lipinski definition) is 8. The minimum absolute atomic E-state index is 0.0143. The molecular formula is C72H90N18O15S6. The number of carbonyl (C=O) groups excluding carboxylic acids is 1. The largest absolute Gasteiger partial charge is 0.481 e. The maximum Gasteiger partial charge on any atom is 0.306 e. The second-order valence-electron chi connectivity index (χ2n) is 29.4. The van der Waals surface area contributed by atoms with Gasteiger partial charge in [-0.3, -0.25) is 24.8 Å². The number of carboxylic acids is 1. The molecule has 16 rings (SSSR count). The fourth-order valence-corrected chi connectivity index (χ4v) is 23.7. The van der Waals surface area contributed by atoms with Crippen LogP contribution in [0.5, 0.6) is 0 Å². The van der Waals surface area contributed by atoms with Crippen LogP contribution in [0.2, 0.25) is 0 Å². The van der Waals surface area contributed by atoms with Gasteiger partial charge in [-0.15, -0.1) is 10.2 Å². The van der Waals surface area contributed by atoms with Gasteiger partial charge in [-0.1, -0.05) is 93.1 Å². The Kier molecular flexibility index (Phi) is 23.0. The molecule has 7 heterocycles. The number of benzene rings is 3. The molecule has 9 N–H and O–H groups in total. The van der Waals surface area contributed by atoms with Crippen LogP contribution in [-0.2, 0) is 69.7 Å². The zero-order chi connectivity index (χ0) is 79.3. The Labute approximate surface area is 644 Å². The summed E-state index contributed by atoms with van der Waals surface area (Å²) < 4.78 is 165. The van der Waals surface area contributed by atoms with Gasteiger partial charge in [0.15, 0.2) is 34.2 Å². The molecule has 10 aromatic rings. The molecule has 9 atom stereocenters. The number of fused-ring (bicyclic) bond motifs is 5. The topological polar surface area (TPSA) is 467 Å². The van der Waals surface area contributed by atoms with Gasteiger partial charge in [0.1, 0.15) is 16.9 Å². The van der Waals surface area contributed by atoms with Gasteiger partial charge < -0.3 is 10.5 Å². The van der Waals surface area contributed by atoms with Crippen molar-refractivity contribution in [3.8, 4) is 0 Å².